The van der Waals surface area contributed by atoms with E-state index in [2.05, 4.69) is 156 Å². The molecule has 0 aliphatic rings. The highest BCUT2D eigenvalue weighted by Gasteiger charge is 2.43. The number of fused-ring (bicyclic) bond motifs is 3. The van der Waals surface area contributed by atoms with Gasteiger partial charge in [0, 0.05) is 22.0 Å². The van der Waals surface area contributed by atoms with E-state index in [1.165, 1.54) is 26.3 Å². The second kappa shape index (κ2) is 12.0. The molecule has 0 unspecified atom stereocenters. The Kier molecular flexibility index (Phi) is 7.27. The average Bonchev–Trinajstić information content (AvgIpc) is 3.51. The topological polar surface area (TPSA) is 52.5 Å². The molecule has 224 valence electrons. The van der Waals surface area contributed by atoms with E-state index >= 15 is 0 Å². The summed E-state index contributed by atoms with van der Waals surface area (Å²) in [5.74, 6) is 0. The van der Waals surface area contributed by atoms with Crippen LogP contribution < -0.4 is 20.7 Å². The predicted molar refractivity (Wildman–Crippen MR) is 199 cm³/mol. The number of nitriles is 2. The van der Waals surface area contributed by atoms with Gasteiger partial charge in [-0.15, -0.1) is 0 Å². The standard InChI is InChI=1S/C44H29N3Si/c45-30-33-24-26-35(47-42-22-12-10-20-39(42)40-21-11-13-23-43(40)47)29-41(33)32-25-27-44(34(28-32)31-46)48(36-14-4-1-5-15-36,37-16-6-2-7-17-37)38-18-8-3-9-19-38/h1-29H. The van der Waals surface area contributed by atoms with Crippen molar-refractivity contribution in [3.8, 4) is 29.0 Å². The fraction of sp³-hybridized carbons (Fsp3) is 0. The van der Waals surface area contributed by atoms with Gasteiger partial charge >= 0.3 is 0 Å². The number of aromatic nitrogens is 1. The van der Waals surface area contributed by atoms with Crippen LogP contribution in [0.4, 0.5) is 0 Å². The van der Waals surface area contributed by atoms with E-state index in [1.54, 1.807) is 0 Å². The summed E-state index contributed by atoms with van der Waals surface area (Å²) in [5, 5.41) is 28.2. The first-order chi connectivity index (χ1) is 23.7. The van der Waals surface area contributed by atoms with Gasteiger partial charge in [0.25, 0.3) is 0 Å². The Hall–Kier alpha value is -6.46. The van der Waals surface area contributed by atoms with Gasteiger partial charge in [-0.1, -0.05) is 140 Å². The number of para-hydroxylation sites is 2. The van der Waals surface area contributed by atoms with E-state index < -0.39 is 8.07 Å². The van der Waals surface area contributed by atoms with Crippen LogP contribution in [0.15, 0.2) is 176 Å². The first-order valence-corrected chi connectivity index (χ1v) is 18.0. The third-order valence-electron chi connectivity index (χ3n) is 9.44. The van der Waals surface area contributed by atoms with Gasteiger partial charge in [0.15, 0.2) is 8.07 Å². The zero-order valence-electron chi connectivity index (χ0n) is 26.1. The van der Waals surface area contributed by atoms with Crippen molar-refractivity contribution in [1.29, 1.82) is 10.5 Å². The summed E-state index contributed by atoms with van der Waals surface area (Å²) in [6.45, 7) is 0. The van der Waals surface area contributed by atoms with Crippen molar-refractivity contribution in [2.75, 3.05) is 0 Å². The maximum absolute atomic E-state index is 10.9. The second-order valence-electron chi connectivity index (χ2n) is 11.9. The molecule has 0 fully saturated rings. The molecule has 1 heterocycles. The summed E-state index contributed by atoms with van der Waals surface area (Å²) in [5.41, 5.74) is 5.98. The number of hydrogen-bond acceptors (Lipinski definition) is 2. The Bertz CT molecular complexity index is 2370. The second-order valence-corrected chi connectivity index (χ2v) is 15.7. The summed E-state index contributed by atoms with van der Waals surface area (Å²) in [6, 6.07) is 65.9. The molecule has 0 amide bonds. The predicted octanol–water partition coefficient (Wildman–Crippen LogP) is 7.57. The Labute approximate surface area is 280 Å². The lowest BCUT2D eigenvalue weighted by Gasteiger charge is -2.35. The van der Waals surface area contributed by atoms with Crippen LogP contribution in [0, 0.1) is 22.7 Å². The summed E-state index contributed by atoms with van der Waals surface area (Å²) >= 11 is 0. The van der Waals surface area contributed by atoms with Crippen LogP contribution in [0.5, 0.6) is 0 Å². The van der Waals surface area contributed by atoms with Crippen LogP contribution in [0.3, 0.4) is 0 Å². The summed E-state index contributed by atoms with van der Waals surface area (Å²) < 4.78 is 2.26. The fourth-order valence-corrected chi connectivity index (χ4v) is 12.2. The Morgan fingerprint density at radius 2 is 0.917 bits per heavy atom. The highest BCUT2D eigenvalue weighted by atomic mass is 28.3. The maximum atomic E-state index is 10.9. The van der Waals surface area contributed by atoms with Crippen molar-refractivity contribution in [3.05, 3.63) is 187 Å². The van der Waals surface area contributed by atoms with Crippen molar-refractivity contribution in [3.63, 3.8) is 0 Å². The van der Waals surface area contributed by atoms with Crippen LogP contribution in [-0.2, 0) is 0 Å². The number of rotatable bonds is 6. The molecule has 7 aromatic carbocycles. The van der Waals surface area contributed by atoms with Crippen LogP contribution >= 0.6 is 0 Å². The molecule has 48 heavy (non-hydrogen) atoms. The average molecular weight is 628 g/mol. The van der Waals surface area contributed by atoms with E-state index in [0.29, 0.717) is 11.1 Å². The molecule has 0 atom stereocenters. The molecular formula is C44H29N3Si. The third kappa shape index (κ3) is 4.55. The zero-order valence-corrected chi connectivity index (χ0v) is 27.1. The molecule has 0 saturated heterocycles. The summed E-state index contributed by atoms with van der Waals surface area (Å²) in [6.07, 6.45) is 0. The molecule has 8 aromatic rings. The molecule has 4 heteroatoms. The summed E-state index contributed by atoms with van der Waals surface area (Å²) in [7, 11) is -2.92. The SMILES string of the molecule is N#Cc1ccc(-n2c3ccccc3c3ccccc32)cc1-c1ccc([Si](c2ccccc2)(c2ccccc2)c2ccccc2)c(C#N)c1. The normalized spacial score (nSPS) is 11.3. The lowest BCUT2D eigenvalue weighted by Crippen LogP contribution is -2.75. The van der Waals surface area contributed by atoms with Crippen LogP contribution in [-0.4, -0.2) is 12.6 Å². The van der Waals surface area contributed by atoms with Gasteiger partial charge in [0.2, 0.25) is 0 Å². The lowest BCUT2D eigenvalue weighted by atomic mass is 9.98. The molecule has 0 saturated carbocycles. The fourth-order valence-electron chi connectivity index (χ4n) is 7.37. The quantitative estimate of drug-likeness (QED) is 0.141. The smallest absolute Gasteiger partial charge is 0.180 e. The number of benzene rings is 7. The molecule has 8 rings (SSSR count). The minimum Gasteiger partial charge on any atom is -0.309 e. The Morgan fingerprint density at radius 1 is 0.438 bits per heavy atom. The van der Waals surface area contributed by atoms with Crippen LogP contribution in [0.2, 0.25) is 0 Å². The van der Waals surface area contributed by atoms with E-state index in [4.69, 9.17) is 0 Å². The number of nitrogens with zero attached hydrogens (tertiary/aromatic N) is 3. The highest BCUT2D eigenvalue weighted by Crippen LogP contribution is 2.34. The molecule has 1 aromatic heterocycles. The van der Waals surface area contributed by atoms with Crippen LogP contribution in [0.25, 0.3) is 38.6 Å². The van der Waals surface area contributed by atoms with Gasteiger partial charge < -0.3 is 4.57 Å². The molecule has 3 nitrogen and oxygen atoms in total. The Balaban J connectivity index is 1.37. The van der Waals surface area contributed by atoms with E-state index in [1.807, 2.05) is 36.4 Å². The van der Waals surface area contributed by atoms with Crippen molar-refractivity contribution in [1.82, 2.24) is 4.57 Å². The van der Waals surface area contributed by atoms with Gasteiger partial charge in [-0.3, -0.25) is 0 Å². The first kappa shape index (κ1) is 29.0. The molecule has 0 spiro atoms. The van der Waals surface area contributed by atoms with Gasteiger partial charge in [-0.25, -0.2) is 0 Å². The first-order valence-electron chi connectivity index (χ1n) is 16.0. The molecule has 0 aliphatic carbocycles. The minimum atomic E-state index is -2.92. The third-order valence-corrected chi connectivity index (χ3v) is 14.3. The maximum Gasteiger partial charge on any atom is 0.180 e. The van der Waals surface area contributed by atoms with Gasteiger partial charge in [0.1, 0.15) is 0 Å². The Morgan fingerprint density at radius 3 is 1.42 bits per heavy atom. The van der Waals surface area contributed by atoms with Crippen molar-refractivity contribution >= 4 is 50.6 Å². The van der Waals surface area contributed by atoms with Crippen LogP contribution in [0.1, 0.15) is 11.1 Å². The van der Waals surface area contributed by atoms with E-state index in [0.717, 1.165) is 33.0 Å². The van der Waals surface area contributed by atoms with Gasteiger partial charge in [0.05, 0.1) is 34.3 Å². The lowest BCUT2D eigenvalue weighted by molar-refractivity contribution is 1.18. The van der Waals surface area contributed by atoms with Gasteiger partial charge in [-0.05, 0) is 62.7 Å². The zero-order chi connectivity index (χ0) is 32.5. The molecule has 0 radical (unpaired) electrons. The van der Waals surface area contributed by atoms with Crippen molar-refractivity contribution in [2.24, 2.45) is 0 Å². The van der Waals surface area contributed by atoms with E-state index in [9.17, 15) is 10.5 Å². The number of hydrogen-bond donors (Lipinski definition) is 0. The monoisotopic (exact) mass is 627 g/mol. The minimum absolute atomic E-state index is 0.564. The molecule has 0 bridgehead atoms. The summed E-state index contributed by atoms with van der Waals surface area (Å²) in [4.78, 5) is 0. The highest BCUT2D eigenvalue weighted by molar-refractivity contribution is 7.20. The van der Waals surface area contributed by atoms with Crippen molar-refractivity contribution in [2.45, 2.75) is 0 Å². The largest absolute Gasteiger partial charge is 0.309 e. The molecule has 0 N–H and O–H groups in total. The van der Waals surface area contributed by atoms with Crippen molar-refractivity contribution < 1.29 is 0 Å². The van der Waals surface area contributed by atoms with Gasteiger partial charge in [-0.2, -0.15) is 10.5 Å². The molecule has 0 aliphatic heterocycles. The van der Waals surface area contributed by atoms with E-state index in [-0.39, 0.29) is 0 Å². The molecular weight excluding hydrogens is 599 g/mol.